The van der Waals surface area contributed by atoms with Crippen LogP contribution >= 0.6 is 0 Å². The van der Waals surface area contributed by atoms with Crippen molar-refractivity contribution in [3.8, 4) is 0 Å². The van der Waals surface area contributed by atoms with Crippen LogP contribution in [0.2, 0.25) is 0 Å². The third-order valence-corrected chi connectivity index (χ3v) is 7.68. The molecule has 0 radical (unpaired) electrons. The van der Waals surface area contributed by atoms with Crippen molar-refractivity contribution >= 4 is 23.2 Å². The van der Waals surface area contributed by atoms with Gasteiger partial charge in [-0.15, -0.1) is 0 Å². The minimum absolute atomic E-state index is 0.0419. The minimum atomic E-state index is -0.914. The van der Waals surface area contributed by atoms with E-state index in [0.717, 1.165) is 68.1 Å². The molecule has 7 heteroatoms. The van der Waals surface area contributed by atoms with Crippen LogP contribution in [0.3, 0.4) is 0 Å². The number of aromatic nitrogens is 1. The highest BCUT2D eigenvalue weighted by molar-refractivity contribution is 6.01. The van der Waals surface area contributed by atoms with E-state index in [2.05, 4.69) is 15.2 Å². The molecule has 38 heavy (non-hydrogen) atoms. The molecule has 0 spiro atoms. The third kappa shape index (κ3) is 6.05. The predicted molar refractivity (Wildman–Crippen MR) is 149 cm³/mol. The van der Waals surface area contributed by atoms with Crippen LogP contribution in [0.15, 0.2) is 79.1 Å². The minimum Gasteiger partial charge on any atom is -0.378 e. The Kier molecular flexibility index (Phi) is 8.34. The van der Waals surface area contributed by atoms with Gasteiger partial charge in [0.2, 0.25) is 11.8 Å². The van der Waals surface area contributed by atoms with Crippen molar-refractivity contribution in [1.29, 1.82) is 0 Å². The molecule has 2 aliphatic rings. The summed E-state index contributed by atoms with van der Waals surface area (Å²) in [6.45, 7) is 3.53. The molecule has 1 aliphatic carbocycles. The number of hydrogen-bond donors (Lipinski definition) is 1. The first-order chi connectivity index (χ1) is 18.6. The molecular formula is C31H36N4O3. The molecule has 1 N–H and O–H groups in total. The first-order valence-corrected chi connectivity index (χ1v) is 13.6. The summed E-state index contributed by atoms with van der Waals surface area (Å²) in [5, 5.41) is 3.18. The maximum atomic E-state index is 14.1. The molecule has 5 rings (SSSR count). The quantitative estimate of drug-likeness (QED) is 0.468. The molecule has 1 aliphatic heterocycles. The monoisotopic (exact) mass is 512 g/mol. The first kappa shape index (κ1) is 25.9. The normalized spacial score (nSPS) is 17.0. The zero-order valence-corrected chi connectivity index (χ0v) is 21.9. The highest BCUT2D eigenvalue weighted by Crippen LogP contribution is 2.37. The van der Waals surface area contributed by atoms with Gasteiger partial charge in [0.25, 0.3) is 0 Å². The number of rotatable bonds is 8. The Morgan fingerprint density at radius 3 is 2.29 bits per heavy atom. The van der Waals surface area contributed by atoms with Gasteiger partial charge < -0.3 is 19.9 Å². The van der Waals surface area contributed by atoms with E-state index < -0.39 is 5.54 Å². The van der Waals surface area contributed by atoms with E-state index in [-0.39, 0.29) is 18.2 Å². The summed E-state index contributed by atoms with van der Waals surface area (Å²) < 4.78 is 5.46. The van der Waals surface area contributed by atoms with Gasteiger partial charge in [-0.1, -0.05) is 55.7 Å². The van der Waals surface area contributed by atoms with Gasteiger partial charge in [0, 0.05) is 43.4 Å². The number of nitrogens with one attached hydrogen (secondary N) is 1. The highest BCUT2D eigenvalue weighted by atomic mass is 16.5. The molecule has 1 aromatic heterocycles. The van der Waals surface area contributed by atoms with Crippen LogP contribution in [0.4, 0.5) is 11.4 Å². The molecule has 1 saturated heterocycles. The topological polar surface area (TPSA) is 74.8 Å². The fourth-order valence-electron chi connectivity index (χ4n) is 5.60. The molecule has 2 aromatic carbocycles. The van der Waals surface area contributed by atoms with Crippen LogP contribution in [0.1, 0.15) is 43.2 Å². The lowest BCUT2D eigenvalue weighted by atomic mass is 9.78. The Bertz CT molecular complexity index is 1190. The molecule has 1 saturated carbocycles. The fourth-order valence-corrected chi connectivity index (χ4v) is 5.60. The Morgan fingerprint density at radius 1 is 0.895 bits per heavy atom. The number of hydrogen-bond acceptors (Lipinski definition) is 5. The van der Waals surface area contributed by atoms with Gasteiger partial charge in [-0.3, -0.25) is 14.6 Å². The summed E-state index contributed by atoms with van der Waals surface area (Å²) in [7, 11) is 0. The lowest BCUT2D eigenvalue weighted by molar-refractivity contribution is -0.148. The van der Waals surface area contributed by atoms with Crippen molar-refractivity contribution in [1.82, 2.24) is 9.88 Å². The van der Waals surface area contributed by atoms with Crippen LogP contribution in [-0.2, 0) is 27.3 Å². The standard InChI is InChI=1S/C31H36N4O3/c36-29(22-25-8-3-1-4-9-25)35(24-26-10-7-17-32-23-26)31(15-5-2-6-16-31)30(37)33-27-11-13-28(14-12-27)34-18-20-38-21-19-34/h1,3-4,7-14,17,23H,2,5-6,15-16,18-22,24H2,(H,33,37). The second-order valence-corrected chi connectivity index (χ2v) is 10.2. The molecule has 0 unspecified atom stereocenters. The van der Waals surface area contributed by atoms with E-state index >= 15 is 0 Å². The van der Waals surface area contributed by atoms with E-state index in [4.69, 9.17) is 4.74 Å². The number of nitrogens with zero attached hydrogens (tertiary/aromatic N) is 3. The summed E-state index contributed by atoms with van der Waals surface area (Å²) in [6.07, 6.45) is 7.93. The first-order valence-electron chi connectivity index (χ1n) is 13.6. The summed E-state index contributed by atoms with van der Waals surface area (Å²) in [4.78, 5) is 36.4. The van der Waals surface area contributed by atoms with Crippen molar-refractivity contribution in [2.45, 2.75) is 50.6 Å². The summed E-state index contributed by atoms with van der Waals surface area (Å²) in [5.41, 5.74) is 2.81. The van der Waals surface area contributed by atoms with Crippen molar-refractivity contribution in [3.63, 3.8) is 0 Å². The van der Waals surface area contributed by atoms with Crippen molar-refractivity contribution < 1.29 is 14.3 Å². The van der Waals surface area contributed by atoms with E-state index in [1.54, 1.807) is 12.4 Å². The average molecular weight is 513 g/mol. The van der Waals surface area contributed by atoms with E-state index in [1.807, 2.05) is 71.6 Å². The number of pyridine rings is 1. The van der Waals surface area contributed by atoms with Gasteiger partial charge in [0.05, 0.1) is 19.6 Å². The molecule has 0 atom stereocenters. The highest BCUT2D eigenvalue weighted by Gasteiger charge is 2.47. The van der Waals surface area contributed by atoms with E-state index in [0.29, 0.717) is 19.4 Å². The largest absolute Gasteiger partial charge is 0.378 e. The Balaban J connectivity index is 1.41. The van der Waals surface area contributed by atoms with Gasteiger partial charge in [0.15, 0.2) is 0 Å². The third-order valence-electron chi connectivity index (χ3n) is 7.68. The predicted octanol–water partition coefficient (Wildman–Crippen LogP) is 4.83. The number of benzene rings is 2. The number of carbonyl (C=O) groups is 2. The molecule has 3 aromatic rings. The Hall–Kier alpha value is -3.71. The SMILES string of the molecule is O=C(Cc1ccccc1)N(Cc1cccnc1)C1(C(=O)Nc2ccc(N3CCOCC3)cc2)CCCCC1. The van der Waals surface area contributed by atoms with Crippen LogP contribution in [0.25, 0.3) is 0 Å². The average Bonchev–Trinajstić information content (AvgIpc) is 2.98. The molecule has 0 bridgehead atoms. The Morgan fingerprint density at radius 2 is 1.61 bits per heavy atom. The van der Waals surface area contributed by atoms with Gasteiger partial charge in [0.1, 0.15) is 5.54 Å². The second-order valence-electron chi connectivity index (χ2n) is 10.2. The lowest BCUT2D eigenvalue weighted by Crippen LogP contribution is -2.60. The van der Waals surface area contributed by atoms with Crippen LogP contribution in [-0.4, -0.2) is 53.5 Å². The van der Waals surface area contributed by atoms with Crippen molar-refractivity contribution in [2.75, 3.05) is 36.5 Å². The van der Waals surface area contributed by atoms with Gasteiger partial charge >= 0.3 is 0 Å². The second kappa shape index (κ2) is 12.2. The maximum Gasteiger partial charge on any atom is 0.250 e. The van der Waals surface area contributed by atoms with E-state index in [1.165, 1.54) is 0 Å². The summed E-state index contributed by atoms with van der Waals surface area (Å²) >= 11 is 0. The Labute approximate surface area is 224 Å². The molecule has 2 heterocycles. The van der Waals surface area contributed by atoms with E-state index in [9.17, 15) is 9.59 Å². The number of ether oxygens (including phenoxy) is 1. The van der Waals surface area contributed by atoms with Gasteiger partial charge in [-0.05, 0) is 54.3 Å². The summed E-state index contributed by atoms with van der Waals surface area (Å²) in [5.74, 6) is -0.151. The lowest BCUT2D eigenvalue weighted by Gasteiger charge is -2.45. The van der Waals surface area contributed by atoms with Crippen molar-refractivity contribution in [2.24, 2.45) is 0 Å². The number of amides is 2. The van der Waals surface area contributed by atoms with Gasteiger partial charge in [-0.2, -0.15) is 0 Å². The van der Waals surface area contributed by atoms with Crippen LogP contribution in [0.5, 0.6) is 0 Å². The smallest absolute Gasteiger partial charge is 0.250 e. The zero-order valence-electron chi connectivity index (χ0n) is 21.9. The number of morpholine rings is 1. The maximum absolute atomic E-state index is 14.1. The van der Waals surface area contributed by atoms with Gasteiger partial charge in [-0.25, -0.2) is 0 Å². The molecule has 198 valence electrons. The number of carbonyl (C=O) groups excluding carboxylic acids is 2. The number of anilines is 2. The molecule has 7 nitrogen and oxygen atoms in total. The molecule has 2 amide bonds. The van der Waals surface area contributed by atoms with Crippen LogP contribution < -0.4 is 10.2 Å². The molecular weight excluding hydrogens is 476 g/mol. The zero-order chi connectivity index (χ0) is 26.2. The van der Waals surface area contributed by atoms with Crippen molar-refractivity contribution in [3.05, 3.63) is 90.3 Å². The van der Waals surface area contributed by atoms with Crippen LogP contribution in [0, 0.1) is 0 Å². The molecule has 2 fully saturated rings. The fraction of sp³-hybridized carbons (Fsp3) is 0.387. The summed E-state index contributed by atoms with van der Waals surface area (Å²) in [6, 6.07) is 21.6.